The van der Waals surface area contributed by atoms with Gasteiger partial charge in [0.2, 0.25) is 0 Å². The van der Waals surface area contributed by atoms with Crippen LogP contribution < -0.4 is 12.4 Å². The van der Waals surface area contributed by atoms with Crippen LogP contribution in [-0.4, -0.2) is 41.3 Å². The Bertz CT molecular complexity index is 287. The first kappa shape index (κ1) is 26.5. The second kappa shape index (κ2) is 16.7. The first-order valence-corrected chi connectivity index (χ1v) is 10.2. The number of alkyl halides is 1. The summed E-state index contributed by atoms with van der Waals surface area (Å²) in [6.07, 6.45) is 15.8. The quantitative estimate of drug-likeness (QED) is 0.143. The molecule has 0 bridgehead atoms. The lowest BCUT2D eigenvalue weighted by atomic mass is 10.1. The summed E-state index contributed by atoms with van der Waals surface area (Å²) in [5.41, 5.74) is -0.0356. The highest BCUT2D eigenvalue weighted by atomic mass is 35.5. The normalized spacial score (nSPS) is 16.0. The van der Waals surface area contributed by atoms with Crippen LogP contribution in [0.2, 0.25) is 0 Å². The van der Waals surface area contributed by atoms with Gasteiger partial charge in [0, 0.05) is 6.42 Å². The lowest BCUT2D eigenvalue weighted by Crippen LogP contribution is -3.00. The number of aliphatic hydroxyl groups excluding tert-OH is 1. The van der Waals surface area contributed by atoms with Gasteiger partial charge in [0.05, 0.1) is 26.2 Å². The standard InChI is InChI=1S/C20H41ClNO.ClH/c1-5-7-8-9-10-11-12-13-14-15-17-22(4,16-6-2)20(21)18-19(3)23;/h6,19-20,23H,2,5,7-18H2,1,3-4H3;1H/q+1;/p-1. The van der Waals surface area contributed by atoms with E-state index in [2.05, 4.69) is 20.6 Å². The molecule has 0 saturated heterocycles. The molecule has 4 heteroatoms. The van der Waals surface area contributed by atoms with Crippen LogP contribution in [0.5, 0.6) is 0 Å². The van der Waals surface area contributed by atoms with Crippen molar-refractivity contribution in [3.63, 3.8) is 0 Å². The Morgan fingerprint density at radius 2 is 1.46 bits per heavy atom. The maximum atomic E-state index is 9.58. The van der Waals surface area contributed by atoms with Gasteiger partial charge in [0.1, 0.15) is 0 Å². The minimum Gasteiger partial charge on any atom is -1.00 e. The molecule has 0 radical (unpaired) electrons. The highest BCUT2D eigenvalue weighted by molar-refractivity contribution is 6.19. The molecule has 0 aromatic rings. The highest BCUT2D eigenvalue weighted by Crippen LogP contribution is 2.21. The van der Waals surface area contributed by atoms with E-state index in [0.717, 1.165) is 17.6 Å². The zero-order chi connectivity index (χ0) is 17.6. The van der Waals surface area contributed by atoms with E-state index in [9.17, 15) is 5.11 Å². The van der Waals surface area contributed by atoms with Gasteiger partial charge in [-0.15, -0.1) is 0 Å². The first-order valence-electron chi connectivity index (χ1n) is 9.73. The zero-order valence-electron chi connectivity index (χ0n) is 16.3. The monoisotopic (exact) mass is 381 g/mol. The van der Waals surface area contributed by atoms with Crippen molar-refractivity contribution in [3.05, 3.63) is 12.7 Å². The number of aliphatic hydroxyl groups is 1. The van der Waals surface area contributed by atoms with Gasteiger partial charge in [-0.1, -0.05) is 76.5 Å². The topological polar surface area (TPSA) is 20.2 Å². The predicted octanol–water partition coefficient (Wildman–Crippen LogP) is 2.88. The number of hydrogen-bond acceptors (Lipinski definition) is 1. The minimum atomic E-state index is -0.340. The Kier molecular flexibility index (Phi) is 18.4. The second-order valence-corrected chi connectivity index (χ2v) is 7.88. The smallest absolute Gasteiger partial charge is 0.167 e. The molecule has 0 spiro atoms. The molecule has 0 saturated carbocycles. The predicted molar refractivity (Wildman–Crippen MR) is 104 cm³/mol. The summed E-state index contributed by atoms with van der Waals surface area (Å²) in [6.45, 7) is 9.90. The molecule has 0 aromatic heterocycles. The van der Waals surface area contributed by atoms with Crippen molar-refractivity contribution >= 4 is 11.6 Å². The van der Waals surface area contributed by atoms with Gasteiger partial charge in [-0.05, 0) is 25.8 Å². The molecule has 0 fully saturated rings. The van der Waals surface area contributed by atoms with Gasteiger partial charge < -0.3 is 22.0 Å². The van der Waals surface area contributed by atoms with Crippen LogP contribution in [0.25, 0.3) is 0 Å². The fourth-order valence-electron chi connectivity index (χ4n) is 3.14. The molecule has 0 amide bonds. The summed E-state index contributed by atoms with van der Waals surface area (Å²) in [6, 6.07) is 0. The van der Waals surface area contributed by atoms with Crippen LogP contribution in [0, 0.1) is 0 Å². The maximum Gasteiger partial charge on any atom is 0.167 e. The van der Waals surface area contributed by atoms with Crippen molar-refractivity contribution in [1.82, 2.24) is 0 Å². The summed E-state index contributed by atoms with van der Waals surface area (Å²) in [5, 5.41) is 9.58. The number of unbranched alkanes of at least 4 members (excludes halogenated alkanes) is 9. The first-order chi connectivity index (χ1) is 11.0. The summed E-state index contributed by atoms with van der Waals surface area (Å²) in [5.74, 6) is 0. The number of nitrogens with zero attached hydrogens (tertiary/aromatic N) is 1. The third-order valence-corrected chi connectivity index (χ3v) is 5.43. The average Bonchev–Trinajstić information content (AvgIpc) is 2.48. The number of likely N-dealkylation sites (N-methyl/N-ethyl adjacent to an activating group) is 1. The molecule has 0 aliphatic heterocycles. The van der Waals surface area contributed by atoms with E-state index in [1.165, 1.54) is 64.2 Å². The van der Waals surface area contributed by atoms with Crippen molar-refractivity contribution in [2.24, 2.45) is 0 Å². The Hall–Kier alpha value is 0.240. The van der Waals surface area contributed by atoms with Crippen LogP contribution in [0.4, 0.5) is 0 Å². The van der Waals surface area contributed by atoms with Gasteiger partial charge in [-0.2, -0.15) is 0 Å². The number of quaternary nitrogens is 1. The Morgan fingerprint density at radius 1 is 1.00 bits per heavy atom. The molecule has 0 rings (SSSR count). The SMILES string of the molecule is C=CC[N+](C)(CCCCCCCCCCCC)C(Cl)CC(C)O.[Cl-]. The molecule has 0 heterocycles. The molecule has 24 heavy (non-hydrogen) atoms. The van der Waals surface area contributed by atoms with Crippen LogP contribution in [0.1, 0.15) is 84.5 Å². The van der Waals surface area contributed by atoms with Crippen molar-refractivity contribution in [3.8, 4) is 0 Å². The van der Waals surface area contributed by atoms with Gasteiger partial charge >= 0.3 is 0 Å². The maximum absolute atomic E-state index is 9.58. The minimum absolute atomic E-state index is 0. The third kappa shape index (κ3) is 13.5. The molecule has 3 unspecified atom stereocenters. The second-order valence-electron chi connectivity index (χ2n) is 7.38. The van der Waals surface area contributed by atoms with Crippen LogP contribution in [-0.2, 0) is 0 Å². The van der Waals surface area contributed by atoms with Crippen molar-refractivity contribution in [2.75, 3.05) is 20.1 Å². The third-order valence-electron chi connectivity index (χ3n) is 4.78. The van der Waals surface area contributed by atoms with Crippen molar-refractivity contribution in [1.29, 1.82) is 0 Å². The van der Waals surface area contributed by atoms with Crippen LogP contribution >= 0.6 is 11.6 Å². The molecule has 0 aliphatic rings. The Labute approximate surface area is 162 Å². The number of rotatable bonds is 16. The van der Waals surface area contributed by atoms with Crippen molar-refractivity contribution < 1.29 is 22.0 Å². The molecule has 146 valence electrons. The fraction of sp³-hybridized carbons (Fsp3) is 0.900. The average molecular weight is 382 g/mol. The highest BCUT2D eigenvalue weighted by Gasteiger charge is 2.30. The van der Waals surface area contributed by atoms with Gasteiger partial charge in [0.15, 0.2) is 5.50 Å². The molecule has 2 nitrogen and oxygen atoms in total. The Balaban J connectivity index is 0. The largest absolute Gasteiger partial charge is 1.00 e. The van der Waals surface area contributed by atoms with E-state index in [1.54, 1.807) is 0 Å². The van der Waals surface area contributed by atoms with Gasteiger partial charge in [0.25, 0.3) is 0 Å². The molecule has 1 N–H and O–H groups in total. The molecule has 0 aromatic carbocycles. The summed E-state index contributed by atoms with van der Waals surface area (Å²) in [7, 11) is 2.19. The zero-order valence-corrected chi connectivity index (χ0v) is 17.8. The summed E-state index contributed by atoms with van der Waals surface area (Å²) < 4.78 is 0.785. The molecule has 3 atom stereocenters. The molecular formula is C20H41Cl2NO. The van der Waals surface area contributed by atoms with E-state index in [0.29, 0.717) is 6.42 Å². The van der Waals surface area contributed by atoms with Crippen LogP contribution in [0.3, 0.4) is 0 Å². The van der Waals surface area contributed by atoms with E-state index in [-0.39, 0.29) is 24.0 Å². The Morgan fingerprint density at radius 3 is 1.88 bits per heavy atom. The van der Waals surface area contributed by atoms with E-state index in [4.69, 9.17) is 11.6 Å². The molecule has 0 aliphatic carbocycles. The number of hydrogen-bond donors (Lipinski definition) is 1. The van der Waals surface area contributed by atoms with E-state index >= 15 is 0 Å². The van der Waals surface area contributed by atoms with Gasteiger partial charge in [-0.3, -0.25) is 0 Å². The summed E-state index contributed by atoms with van der Waals surface area (Å²) >= 11 is 6.55. The lowest BCUT2D eigenvalue weighted by Gasteiger charge is -2.38. The van der Waals surface area contributed by atoms with Crippen molar-refractivity contribution in [2.45, 2.75) is 96.1 Å². The van der Waals surface area contributed by atoms with Crippen LogP contribution in [0.15, 0.2) is 12.7 Å². The van der Waals surface area contributed by atoms with Gasteiger partial charge in [-0.25, -0.2) is 0 Å². The van der Waals surface area contributed by atoms with E-state index < -0.39 is 0 Å². The lowest BCUT2D eigenvalue weighted by molar-refractivity contribution is -0.916. The number of halogens is 2. The summed E-state index contributed by atoms with van der Waals surface area (Å²) in [4.78, 5) is 0. The van der Waals surface area contributed by atoms with E-state index in [1.807, 2.05) is 13.0 Å². The molecular weight excluding hydrogens is 341 g/mol. The fourth-order valence-corrected chi connectivity index (χ4v) is 3.57.